The molecule has 24 heavy (non-hydrogen) atoms. The molecule has 0 amide bonds. The van der Waals surface area contributed by atoms with Gasteiger partial charge in [-0.25, -0.2) is 0 Å². The predicted octanol–water partition coefficient (Wildman–Crippen LogP) is 0.579. The van der Waals surface area contributed by atoms with E-state index in [1.807, 2.05) is 0 Å². The molecule has 0 aliphatic heterocycles. The molecule has 0 saturated heterocycles. The smallest absolute Gasteiger partial charge is 0.300 e. The van der Waals surface area contributed by atoms with Crippen LogP contribution in [-0.4, -0.2) is 56.4 Å². The average molecular weight is 354 g/mol. The molecule has 0 unspecified atom stereocenters. The van der Waals surface area contributed by atoms with Crippen LogP contribution in [0.4, 0.5) is 0 Å². The maximum Gasteiger partial charge on any atom is 0.300 e. The molecule has 1 aliphatic carbocycles. The molecule has 8 N–H and O–H groups in total. The Kier molecular flexibility index (Phi) is 25.8. The second kappa shape index (κ2) is 20.8. The van der Waals surface area contributed by atoms with Crippen LogP contribution in [-0.2, 0) is 19.2 Å². The Morgan fingerprint density at radius 2 is 0.667 bits per heavy atom. The molecule has 1 fully saturated rings. The first-order valence-electron chi connectivity index (χ1n) is 7.01. The molecule has 0 heterocycles. The Morgan fingerprint density at radius 3 is 0.750 bits per heavy atom. The van der Waals surface area contributed by atoms with Crippen molar-refractivity contribution in [1.82, 2.24) is 0 Å². The van der Waals surface area contributed by atoms with Crippen molar-refractivity contribution in [2.45, 2.75) is 65.5 Å². The first kappa shape index (κ1) is 29.8. The maximum absolute atomic E-state index is 9.00. The summed E-state index contributed by atoms with van der Waals surface area (Å²) in [4.78, 5) is 36.0. The molecule has 10 heteroatoms. The standard InChI is InChI=1S/C6H14N2.4C2H4O2/c7-5-1-2-6(8)4-3-5;4*1-2(3)4/h5-6H,1-4,7-8H2;4*1H3,(H,3,4). The quantitative estimate of drug-likeness (QED) is 0.357. The van der Waals surface area contributed by atoms with E-state index in [0.717, 1.165) is 53.4 Å². The zero-order valence-electron chi connectivity index (χ0n) is 14.6. The Labute approximate surface area is 141 Å². The van der Waals surface area contributed by atoms with Crippen LogP contribution in [0.25, 0.3) is 0 Å². The minimum Gasteiger partial charge on any atom is -0.481 e. The molecule has 1 rings (SSSR count). The third kappa shape index (κ3) is 115. The largest absolute Gasteiger partial charge is 0.481 e. The van der Waals surface area contributed by atoms with E-state index in [0.29, 0.717) is 12.1 Å². The van der Waals surface area contributed by atoms with Crippen LogP contribution in [0.3, 0.4) is 0 Å². The van der Waals surface area contributed by atoms with Crippen molar-refractivity contribution in [3.8, 4) is 0 Å². The SMILES string of the molecule is CC(=O)O.CC(=O)O.CC(=O)O.CC(=O)O.NC1CCC(N)CC1. The average Bonchev–Trinajstić information content (AvgIpc) is 2.30. The second-order valence-corrected chi connectivity index (χ2v) is 4.75. The summed E-state index contributed by atoms with van der Waals surface area (Å²) >= 11 is 0. The summed E-state index contributed by atoms with van der Waals surface area (Å²) in [5, 5.41) is 29.7. The number of hydrogen-bond donors (Lipinski definition) is 6. The molecule has 1 aliphatic rings. The number of nitrogens with two attached hydrogens (primary N) is 2. The van der Waals surface area contributed by atoms with Crippen molar-refractivity contribution in [2.24, 2.45) is 11.5 Å². The van der Waals surface area contributed by atoms with Crippen LogP contribution in [0.5, 0.6) is 0 Å². The minimum atomic E-state index is -0.833. The van der Waals surface area contributed by atoms with Crippen LogP contribution in [0.15, 0.2) is 0 Å². The fourth-order valence-corrected chi connectivity index (χ4v) is 1.14. The lowest BCUT2D eigenvalue weighted by Crippen LogP contribution is -2.33. The predicted molar refractivity (Wildman–Crippen MR) is 87.7 cm³/mol. The van der Waals surface area contributed by atoms with Crippen LogP contribution < -0.4 is 11.5 Å². The molecule has 0 radical (unpaired) electrons. The first-order valence-corrected chi connectivity index (χ1v) is 7.01. The first-order chi connectivity index (χ1) is 10.7. The Bertz CT molecular complexity index is 279. The highest BCUT2D eigenvalue weighted by Gasteiger charge is 2.13. The van der Waals surface area contributed by atoms with E-state index >= 15 is 0 Å². The van der Waals surface area contributed by atoms with E-state index in [9.17, 15) is 0 Å². The minimum absolute atomic E-state index is 0.440. The van der Waals surface area contributed by atoms with E-state index in [1.165, 1.54) is 0 Å². The second-order valence-electron chi connectivity index (χ2n) is 4.75. The van der Waals surface area contributed by atoms with Gasteiger partial charge in [0.05, 0.1) is 0 Å². The lowest BCUT2D eigenvalue weighted by atomic mass is 9.93. The summed E-state index contributed by atoms with van der Waals surface area (Å²) in [6.45, 7) is 4.33. The van der Waals surface area contributed by atoms with E-state index in [-0.39, 0.29) is 0 Å². The molecule has 144 valence electrons. The third-order valence-corrected chi connectivity index (χ3v) is 1.82. The Morgan fingerprint density at radius 1 is 0.583 bits per heavy atom. The van der Waals surface area contributed by atoms with Crippen molar-refractivity contribution in [1.29, 1.82) is 0 Å². The summed E-state index contributed by atoms with van der Waals surface area (Å²) in [6, 6.07) is 0.879. The summed E-state index contributed by atoms with van der Waals surface area (Å²) in [5.74, 6) is -3.33. The van der Waals surface area contributed by atoms with Gasteiger partial charge in [-0.05, 0) is 25.7 Å². The Balaban J connectivity index is -0.000000110. The zero-order chi connectivity index (χ0) is 20.3. The number of carboxylic acids is 4. The molecule has 0 aromatic heterocycles. The van der Waals surface area contributed by atoms with Crippen LogP contribution in [0.2, 0.25) is 0 Å². The number of aliphatic carboxylic acids is 4. The lowest BCUT2D eigenvalue weighted by molar-refractivity contribution is -0.135. The van der Waals surface area contributed by atoms with Gasteiger partial charge in [-0.1, -0.05) is 0 Å². The topological polar surface area (TPSA) is 201 Å². The highest BCUT2D eigenvalue weighted by molar-refractivity contribution is 5.63. The monoisotopic (exact) mass is 354 g/mol. The van der Waals surface area contributed by atoms with Gasteiger partial charge in [0.25, 0.3) is 23.9 Å². The highest BCUT2D eigenvalue weighted by atomic mass is 16.4. The van der Waals surface area contributed by atoms with Gasteiger partial charge in [-0.2, -0.15) is 0 Å². The number of carbonyl (C=O) groups is 4. The molecule has 0 aromatic carbocycles. The van der Waals surface area contributed by atoms with Crippen LogP contribution in [0, 0.1) is 0 Å². The van der Waals surface area contributed by atoms with Gasteiger partial charge in [0.15, 0.2) is 0 Å². The van der Waals surface area contributed by atoms with Gasteiger partial charge >= 0.3 is 0 Å². The van der Waals surface area contributed by atoms with Gasteiger partial charge in [0.2, 0.25) is 0 Å². The molecule has 0 aromatic rings. The van der Waals surface area contributed by atoms with Crippen molar-refractivity contribution >= 4 is 23.9 Å². The third-order valence-electron chi connectivity index (χ3n) is 1.82. The maximum atomic E-state index is 9.00. The van der Waals surface area contributed by atoms with Crippen molar-refractivity contribution in [3.63, 3.8) is 0 Å². The van der Waals surface area contributed by atoms with Crippen molar-refractivity contribution in [2.75, 3.05) is 0 Å². The zero-order valence-corrected chi connectivity index (χ0v) is 14.6. The molecule has 0 atom stereocenters. The molecular weight excluding hydrogens is 324 g/mol. The summed E-state index contributed by atoms with van der Waals surface area (Å²) < 4.78 is 0. The molecular formula is C14H30N2O8. The highest BCUT2D eigenvalue weighted by Crippen LogP contribution is 2.14. The normalized spacial score (nSPS) is 17.4. The van der Waals surface area contributed by atoms with Gasteiger partial charge in [-0.3, -0.25) is 19.2 Å². The fourth-order valence-electron chi connectivity index (χ4n) is 1.14. The van der Waals surface area contributed by atoms with Crippen LogP contribution >= 0.6 is 0 Å². The van der Waals surface area contributed by atoms with Gasteiger partial charge < -0.3 is 31.9 Å². The van der Waals surface area contributed by atoms with Gasteiger partial charge in [-0.15, -0.1) is 0 Å². The number of hydrogen-bond acceptors (Lipinski definition) is 6. The van der Waals surface area contributed by atoms with E-state index in [4.69, 9.17) is 51.1 Å². The molecule has 1 saturated carbocycles. The Hall–Kier alpha value is -2.20. The van der Waals surface area contributed by atoms with Gasteiger partial charge in [0.1, 0.15) is 0 Å². The fraction of sp³-hybridized carbons (Fsp3) is 0.714. The molecule has 0 bridgehead atoms. The van der Waals surface area contributed by atoms with E-state index in [2.05, 4.69) is 0 Å². The van der Waals surface area contributed by atoms with E-state index < -0.39 is 23.9 Å². The summed E-state index contributed by atoms with van der Waals surface area (Å²) in [7, 11) is 0. The number of rotatable bonds is 0. The lowest BCUT2D eigenvalue weighted by Gasteiger charge is -2.22. The van der Waals surface area contributed by atoms with Crippen molar-refractivity contribution < 1.29 is 39.6 Å². The summed E-state index contributed by atoms with van der Waals surface area (Å²) in [6.07, 6.45) is 4.50. The van der Waals surface area contributed by atoms with Crippen LogP contribution in [0.1, 0.15) is 53.4 Å². The summed E-state index contributed by atoms with van der Waals surface area (Å²) in [5.41, 5.74) is 11.3. The van der Waals surface area contributed by atoms with Gasteiger partial charge in [0, 0.05) is 39.8 Å². The molecule has 10 nitrogen and oxygen atoms in total. The molecule has 0 spiro atoms. The van der Waals surface area contributed by atoms with E-state index in [1.54, 1.807) is 0 Å². The van der Waals surface area contributed by atoms with Crippen molar-refractivity contribution in [3.05, 3.63) is 0 Å². The number of carboxylic acid groups (broad SMARTS) is 4.